The number of hydrogen-bond acceptors (Lipinski definition) is 3. The van der Waals surface area contributed by atoms with Gasteiger partial charge in [0, 0.05) is 23.8 Å². The lowest BCUT2D eigenvalue weighted by atomic mass is 10.0. The predicted octanol–water partition coefficient (Wildman–Crippen LogP) is 5.03. The van der Waals surface area contributed by atoms with E-state index in [9.17, 15) is 8.78 Å². The van der Waals surface area contributed by atoms with Gasteiger partial charge in [0.05, 0.1) is 12.0 Å². The number of halogens is 2. The molecular weight excluding hydrogens is 336 g/mol. The third-order valence-corrected chi connectivity index (χ3v) is 4.28. The molecule has 4 nitrogen and oxygen atoms in total. The zero-order valence-corrected chi connectivity index (χ0v) is 14.7. The van der Waals surface area contributed by atoms with Gasteiger partial charge < -0.3 is 15.0 Å². The predicted molar refractivity (Wildman–Crippen MR) is 96.1 cm³/mol. The van der Waals surface area contributed by atoms with Crippen molar-refractivity contribution in [2.75, 3.05) is 0 Å². The van der Waals surface area contributed by atoms with Crippen molar-refractivity contribution in [1.82, 2.24) is 15.3 Å². The van der Waals surface area contributed by atoms with Crippen molar-refractivity contribution in [1.29, 1.82) is 0 Å². The van der Waals surface area contributed by atoms with Crippen LogP contribution in [-0.2, 0) is 6.54 Å². The third-order valence-electron chi connectivity index (χ3n) is 4.28. The zero-order valence-electron chi connectivity index (χ0n) is 14.7. The maximum atomic E-state index is 15.0. The molecule has 1 heterocycles. The highest BCUT2D eigenvalue weighted by molar-refractivity contribution is 5.38. The molecule has 0 bridgehead atoms. The summed E-state index contributed by atoms with van der Waals surface area (Å²) in [6.07, 6.45) is 2.26. The first-order valence-corrected chi connectivity index (χ1v) is 8.53. The lowest BCUT2D eigenvalue weighted by molar-refractivity contribution is 0.394. The minimum Gasteiger partial charge on any atom is -0.451 e. The van der Waals surface area contributed by atoms with Crippen molar-refractivity contribution in [2.45, 2.75) is 32.9 Å². The summed E-state index contributed by atoms with van der Waals surface area (Å²) in [5, 5.41) is 3.28. The second kappa shape index (κ2) is 8.10. The molecule has 26 heavy (non-hydrogen) atoms. The summed E-state index contributed by atoms with van der Waals surface area (Å²) >= 11 is 0. The molecule has 0 amide bonds. The number of aromatic amines is 1. The summed E-state index contributed by atoms with van der Waals surface area (Å²) in [5.41, 5.74) is 2.19. The fraction of sp³-hybridized carbons (Fsp3) is 0.250. The van der Waals surface area contributed by atoms with Gasteiger partial charge in [0.25, 0.3) is 0 Å². The number of ether oxygens (including phenoxy) is 1. The Balaban J connectivity index is 1.84. The SMILES string of the molecule is CCC(NCc1nc[nH]c1C)c1ccc(F)c(Oc2ccccc2)c1F. The number of imidazole rings is 1. The topological polar surface area (TPSA) is 49.9 Å². The molecule has 2 N–H and O–H groups in total. The van der Waals surface area contributed by atoms with Gasteiger partial charge >= 0.3 is 0 Å². The van der Waals surface area contributed by atoms with Crippen molar-refractivity contribution in [3.05, 3.63) is 77.4 Å². The maximum Gasteiger partial charge on any atom is 0.198 e. The van der Waals surface area contributed by atoms with Crippen molar-refractivity contribution < 1.29 is 13.5 Å². The van der Waals surface area contributed by atoms with Gasteiger partial charge in [-0.2, -0.15) is 0 Å². The van der Waals surface area contributed by atoms with Crippen LogP contribution in [-0.4, -0.2) is 9.97 Å². The average Bonchev–Trinajstić information content (AvgIpc) is 3.06. The minimum absolute atomic E-state index is 0.287. The lowest BCUT2D eigenvalue weighted by Crippen LogP contribution is -2.22. The molecule has 0 aliphatic rings. The molecule has 0 radical (unpaired) electrons. The molecule has 0 saturated heterocycles. The minimum atomic E-state index is -0.729. The van der Waals surface area contributed by atoms with E-state index in [1.54, 1.807) is 30.6 Å². The molecule has 1 atom stereocenters. The van der Waals surface area contributed by atoms with E-state index in [0.717, 1.165) is 11.4 Å². The zero-order chi connectivity index (χ0) is 18.5. The molecule has 6 heteroatoms. The van der Waals surface area contributed by atoms with E-state index in [0.29, 0.717) is 24.3 Å². The molecule has 1 unspecified atom stereocenters. The van der Waals surface area contributed by atoms with Gasteiger partial charge in [0.15, 0.2) is 17.4 Å². The van der Waals surface area contributed by atoms with Crippen LogP contribution in [0.3, 0.4) is 0 Å². The van der Waals surface area contributed by atoms with Gasteiger partial charge in [-0.25, -0.2) is 13.8 Å². The molecule has 0 aliphatic heterocycles. The number of nitrogens with one attached hydrogen (secondary N) is 2. The van der Waals surface area contributed by atoms with E-state index in [4.69, 9.17) is 4.74 Å². The first-order chi connectivity index (χ1) is 12.6. The van der Waals surface area contributed by atoms with E-state index >= 15 is 0 Å². The summed E-state index contributed by atoms with van der Waals surface area (Å²) in [6, 6.07) is 11.0. The van der Waals surface area contributed by atoms with Crippen LogP contribution in [0.4, 0.5) is 8.78 Å². The number of H-pyrrole nitrogens is 1. The largest absolute Gasteiger partial charge is 0.451 e. The quantitative estimate of drug-likeness (QED) is 0.623. The average molecular weight is 357 g/mol. The van der Waals surface area contributed by atoms with Crippen LogP contribution < -0.4 is 10.1 Å². The molecule has 3 aromatic rings. The monoisotopic (exact) mass is 357 g/mol. The van der Waals surface area contributed by atoms with Crippen molar-refractivity contribution >= 4 is 0 Å². The smallest absolute Gasteiger partial charge is 0.198 e. The van der Waals surface area contributed by atoms with Crippen molar-refractivity contribution in [3.63, 3.8) is 0 Å². The van der Waals surface area contributed by atoms with Crippen LogP contribution in [0, 0.1) is 18.6 Å². The Morgan fingerprint density at radius 3 is 2.58 bits per heavy atom. The molecular formula is C20H21F2N3O. The maximum absolute atomic E-state index is 15.0. The Morgan fingerprint density at radius 1 is 1.15 bits per heavy atom. The third kappa shape index (κ3) is 3.91. The van der Waals surface area contributed by atoms with Crippen LogP contribution in [0.5, 0.6) is 11.5 Å². The number of aromatic nitrogens is 2. The number of nitrogens with zero attached hydrogens (tertiary/aromatic N) is 1. The van der Waals surface area contributed by atoms with E-state index in [2.05, 4.69) is 15.3 Å². The Morgan fingerprint density at radius 2 is 1.92 bits per heavy atom. The van der Waals surface area contributed by atoms with Crippen LogP contribution >= 0.6 is 0 Å². The van der Waals surface area contributed by atoms with Gasteiger partial charge in [-0.1, -0.05) is 31.2 Å². The summed E-state index contributed by atoms with van der Waals surface area (Å²) in [5.74, 6) is -1.42. The molecule has 3 rings (SSSR count). The summed E-state index contributed by atoms with van der Waals surface area (Å²) in [7, 11) is 0. The Kier molecular flexibility index (Phi) is 5.63. The van der Waals surface area contributed by atoms with Gasteiger partial charge in [-0.15, -0.1) is 0 Å². The molecule has 0 saturated carbocycles. The number of benzene rings is 2. The molecule has 2 aromatic carbocycles. The van der Waals surface area contributed by atoms with E-state index in [1.165, 1.54) is 12.1 Å². The molecule has 0 spiro atoms. The van der Waals surface area contributed by atoms with Crippen LogP contribution in [0.2, 0.25) is 0 Å². The highest BCUT2D eigenvalue weighted by Gasteiger charge is 2.21. The second-order valence-electron chi connectivity index (χ2n) is 6.01. The van der Waals surface area contributed by atoms with Gasteiger partial charge in [0.2, 0.25) is 0 Å². The second-order valence-corrected chi connectivity index (χ2v) is 6.01. The highest BCUT2D eigenvalue weighted by Crippen LogP contribution is 2.33. The van der Waals surface area contributed by atoms with Gasteiger partial charge in [-0.05, 0) is 31.5 Å². The fourth-order valence-corrected chi connectivity index (χ4v) is 2.78. The summed E-state index contributed by atoms with van der Waals surface area (Å²) < 4.78 is 34.6. The number of para-hydroxylation sites is 1. The standard InChI is InChI=1S/C20H21F2N3O/c1-3-17(23-11-18-13(2)24-12-25-18)15-9-10-16(21)20(19(15)22)26-14-7-5-4-6-8-14/h4-10,12,17,23H,3,11H2,1-2H3,(H,24,25). The molecule has 136 valence electrons. The Labute approximate surface area is 151 Å². The Bertz CT molecular complexity index is 865. The molecule has 0 fully saturated rings. The van der Waals surface area contributed by atoms with Crippen LogP contribution in [0.15, 0.2) is 48.8 Å². The summed E-state index contributed by atoms with van der Waals surface area (Å²) in [6.45, 7) is 4.35. The number of aryl methyl sites for hydroxylation is 1. The van der Waals surface area contributed by atoms with Crippen molar-refractivity contribution in [3.8, 4) is 11.5 Å². The molecule has 0 aliphatic carbocycles. The number of rotatable bonds is 7. The van der Waals surface area contributed by atoms with Gasteiger partial charge in [0.1, 0.15) is 5.75 Å². The first-order valence-electron chi connectivity index (χ1n) is 8.53. The fourth-order valence-electron chi connectivity index (χ4n) is 2.78. The van der Waals surface area contributed by atoms with E-state index in [-0.39, 0.29) is 11.8 Å². The van der Waals surface area contributed by atoms with Crippen molar-refractivity contribution in [2.24, 2.45) is 0 Å². The highest BCUT2D eigenvalue weighted by atomic mass is 19.1. The lowest BCUT2D eigenvalue weighted by Gasteiger charge is -2.19. The van der Waals surface area contributed by atoms with Crippen LogP contribution in [0.25, 0.3) is 0 Å². The van der Waals surface area contributed by atoms with E-state index < -0.39 is 11.6 Å². The van der Waals surface area contributed by atoms with Crippen LogP contribution in [0.1, 0.15) is 36.3 Å². The number of hydrogen-bond donors (Lipinski definition) is 2. The van der Waals surface area contributed by atoms with E-state index in [1.807, 2.05) is 19.9 Å². The first kappa shape index (κ1) is 18.1. The normalized spacial score (nSPS) is 12.2. The Hall–Kier alpha value is -2.73. The molecule has 1 aromatic heterocycles. The van der Waals surface area contributed by atoms with Gasteiger partial charge in [-0.3, -0.25) is 0 Å². The summed E-state index contributed by atoms with van der Waals surface area (Å²) in [4.78, 5) is 7.24.